The van der Waals surface area contributed by atoms with E-state index in [-0.39, 0.29) is 5.91 Å². The van der Waals surface area contributed by atoms with Crippen molar-refractivity contribution in [3.05, 3.63) is 0 Å². The van der Waals surface area contributed by atoms with Crippen molar-refractivity contribution in [2.45, 2.75) is 71.1 Å². The van der Waals surface area contributed by atoms with Gasteiger partial charge in [0.15, 0.2) is 0 Å². The number of carbonyl (C=O) groups excluding carboxylic acids is 1. The summed E-state index contributed by atoms with van der Waals surface area (Å²) in [4.78, 5) is 11.8. The highest BCUT2D eigenvalue weighted by Gasteiger charge is 2.31. The van der Waals surface area contributed by atoms with E-state index in [2.05, 4.69) is 12.2 Å². The summed E-state index contributed by atoms with van der Waals surface area (Å²) in [6.07, 6.45) is 11.5. The van der Waals surface area contributed by atoms with Crippen molar-refractivity contribution in [1.29, 1.82) is 0 Å². The molecule has 3 heteroatoms. The molecule has 0 saturated heterocycles. The monoisotopic (exact) mass is 254 g/mol. The van der Waals surface area contributed by atoms with Gasteiger partial charge in [-0.1, -0.05) is 32.6 Å². The smallest absolute Gasteiger partial charge is 0.220 e. The number of nitrogens with one attached hydrogen (secondary N) is 1. The zero-order valence-electron chi connectivity index (χ0n) is 12.0. The molecule has 0 aromatic heterocycles. The fourth-order valence-electron chi connectivity index (χ4n) is 2.94. The van der Waals surface area contributed by atoms with Crippen LogP contribution in [0, 0.1) is 5.41 Å². The van der Waals surface area contributed by atoms with E-state index in [1.807, 2.05) is 0 Å². The molecule has 0 radical (unpaired) electrons. The van der Waals surface area contributed by atoms with Gasteiger partial charge in [0.25, 0.3) is 0 Å². The third-order valence-electron chi connectivity index (χ3n) is 4.43. The number of amides is 1. The molecule has 0 heterocycles. The van der Waals surface area contributed by atoms with Crippen molar-refractivity contribution in [1.82, 2.24) is 5.32 Å². The molecule has 1 fully saturated rings. The van der Waals surface area contributed by atoms with Gasteiger partial charge in [-0.3, -0.25) is 4.79 Å². The van der Waals surface area contributed by atoms with E-state index in [0.29, 0.717) is 11.8 Å². The Morgan fingerprint density at radius 1 is 1.17 bits per heavy atom. The van der Waals surface area contributed by atoms with E-state index in [4.69, 9.17) is 5.73 Å². The predicted molar refractivity (Wildman–Crippen MR) is 76.3 cm³/mol. The summed E-state index contributed by atoms with van der Waals surface area (Å²) in [6, 6.07) is 0. The first-order chi connectivity index (χ1) is 8.72. The quantitative estimate of drug-likeness (QED) is 0.621. The molecule has 1 amide bonds. The van der Waals surface area contributed by atoms with Crippen LogP contribution in [0.3, 0.4) is 0 Å². The summed E-state index contributed by atoms with van der Waals surface area (Å²) in [6.45, 7) is 3.92. The molecule has 1 rings (SSSR count). The topological polar surface area (TPSA) is 55.1 Å². The van der Waals surface area contributed by atoms with Gasteiger partial charge >= 0.3 is 0 Å². The summed E-state index contributed by atoms with van der Waals surface area (Å²) in [5.74, 6) is 0.238. The molecule has 0 aromatic rings. The van der Waals surface area contributed by atoms with Gasteiger partial charge in [-0.2, -0.15) is 0 Å². The third-order valence-corrected chi connectivity index (χ3v) is 4.43. The Morgan fingerprint density at radius 2 is 1.83 bits per heavy atom. The van der Waals surface area contributed by atoms with E-state index in [9.17, 15) is 4.79 Å². The Morgan fingerprint density at radius 3 is 2.44 bits per heavy atom. The van der Waals surface area contributed by atoms with Crippen LogP contribution in [-0.2, 0) is 4.79 Å². The molecule has 1 saturated carbocycles. The van der Waals surface area contributed by atoms with Crippen molar-refractivity contribution >= 4 is 5.91 Å². The Labute approximate surface area is 112 Å². The lowest BCUT2D eigenvalue weighted by molar-refractivity contribution is -0.121. The van der Waals surface area contributed by atoms with Gasteiger partial charge in [0, 0.05) is 13.0 Å². The first-order valence-electron chi connectivity index (χ1n) is 7.69. The fraction of sp³-hybridized carbons (Fsp3) is 0.933. The maximum atomic E-state index is 11.8. The molecular weight excluding hydrogens is 224 g/mol. The Kier molecular flexibility index (Phi) is 7.33. The molecule has 1 aliphatic carbocycles. The molecule has 0 bridgehead atoms. The van der Waals surface area contributed by atoms with Gasteiger partial charge in [-0.15, -0.1) is 0 Å². The predicted octanol–water partition coefficient (Wildman–Crippen LogP) is 2.98. The van der Waals surface area contributed by atoms with Crippen molar-refractivity contribution in [2.75, 3.05) is 13.1 Å². The van der Waals surface area contributed by atoms with E-state index in [1.54, 1.807) is 0 Å². The molecule has 0 aliphatic heterocycles. The van der Waals surface area contributed by atoms with Crippen LogP contribution < -0.4 is 11.1 Å². The van der Waals surface area contributed by atoms with E-state index < -0.39 is 0 Å². The molecule has 106 valence electrons. The van der Waals surface area contributed by atoms with Crippen molar-refractivity contribution in [3.8, 4) is 0 Å². The van der Waals surface area contributed by atoms with Gasteiger partial charge in [-0.25, -0.2) is 0 Å². The zero-order valence-corrected chi connectivity index (χ0v) is 12.0. The first-order valence-corrected chi connectivity index (χ1v) is 7.69. The van der Waals surface area contributed by atoms with Crippen LogP contribution in [0.15, 0.2) is 0 Å². The Balaban J connectivity index is 2.09. The van der Waals surface area contributed by atoms with Crippen LogP contribution in [0.2, 0.25) is 0 Å². The molecule has 3 N–H and O–H groups in total. The minimum absolute atomic E-state index is 0.238. The van der Waals surface area contributed by atoms with Crippen LogP contribution in [0.5, 0.6) is 0 Å². The van der Waals surface area contributed by atoms with Crippen molar-refractivity contribution < 1.29 is 4.79 Å². The summed E-state index contributed by atoms with van der Waals surface area (Å²) in [5.41, 5.74) is 5.85. The summed E-state index contributed by atoms with van der Waals surface area (Å²) >= 11 is 0. The number of carbonyl (C=O) groups is 1. The maximum absolute atomic E-state index is 11.8. The second kappa shape index (κ2) is 8.52. The van der Waals surface area contributed by atoms with Crippen molar-refractivity contribution in [2.24, 2.45) is 11.1 Å². The lowest BCUT2D eigenvalue weighted by Gasteiger charge is -2.27. The van der Waals surface area contributed by atoms with Gasteiger partial charge < -0.3 is 11.1 Å². The SMILES string of the molecule is CCC1(CNC(=O)CCCCCCN)CCCC1. The second-order valence-electron chi connectivity index (χ2n) is 5.79. The Bertz CT molecular complexity index is 235. The second-order valence-corrected chi connectivity index (χ2v) is 5.79. The lowest BCUT2D eigenvalue weighted by atomic mass is 9.83. The molecule has 0 spiro atoms. The van der Waals surface area contributed by atoms with Crippen LogP contribution >= 0.6 is 0 Å². The number of nitrogens with two attached hydrogens (primary N) is 1. The lowest BCUT2D eigenvalue weighted by Crippen LogP contribution is -2.35. The molecular formula is C15H30N2O. The summed E-state index contributed by atoms with van der Waals surface area (Å²) < 4.78 is 0. The minimum atomic E-state index is 0.238. The molecule has 0 atom stereocenters. The molecule has 3 nitrogen and oxygen atoms in total. The molecule has 1 aliphatic rings. The van der Waals surface area contributed by atoms with Crippen LogP contribution in [0.1, 0.15) is 71.1 Å². The fourth-order valence-corrected chi connectivity index (χ4v) is 2.94. The number of hydrogen-bond acceptors (Lipinski definition) is 2. The highest BCUT2D eigenvalue weighted by Crippen LogP contribution is 2.40. The number of hydrogen-bond donors (Lipinski definition) is 2. The molecule has 0 unspecified atom stereocenters. The number of unbranched alkanes of at least 4 members (excludes halogenated alkanes) is 3. The van der Waals surface area contributed by atoms with Crippen molar-refractivity contribution in [3.63, 3.8) is 0 Å². The average Bonchev–Trinajstić information content (AvgIpc) is 2.86. The van der Waals surface area contributed by atoms with E-state index >= 15 is 0 Å². The normalized spacial score (nSPS) is 17.9. The van der Waals surface area contributed by atoms with Crippen LogP contribution in [0.4, 0.5) is 0 Å². The zero-order chi connectivity index (χ0) is 13.3. The highest BCUT2D eigenvalue weighted by molar-refractivity contribution is 5.75. The first kappa shape index (κ1) is 15.5. The van der Waals surface area contributed by atoms with E-state index in [0.717, 1.165) is 38.8 Å². The standard InChI is InChI=1S/C15H30N2O/c1-2-15(10-6-7-11-15)13-17-14(18)9-5-3-4-8-12-16/h2-13,16H2,1H3,(H,17,18). The van der Waals surface area contributed by atoms with Crippen LogP contribution in [0.25, 0.3) is 0 Å². The maximum Gasteiger partial charge on any atom is 0.220 e. The largest absolute Gasteiger partial charge is 0.356 e. The average molecular weight is 254 g/mol. The summed E-state index contributed by atoms with van der Waals surface area (Å²) in [7, 11) is 0. The van der Waals surface area contributed by atoms with Gasteiger partial charge in [-0.05, 0) is 44.1 Å². The molecule has 0 aromatic carbocycles. The van der Waals surface area contributed by atoms with Crippen LogP contribution in [-0.4, -0.2) is 19.0 Å². The third kappa shape index (κ3) is 5.38. The Hall–Kier alpha value is -0.570. The molecule has 18 heavy (non-hydrogen) atoms. The summed E-state index contributed by atoms with van der Waals surface area (Å²) in [5, 5.41) is 3.14. The highest BCUT2D eigenvalue weighted by atomic mass is 16.1. The van der Waals surface area contributed by atoms with Gasteiger partial charge in [0.05, 0.1) is 0 Å². The van der Waals surface area contributed by atoms with Gasteiger partial charge in [0.1, 0.15) is 0 Å². The van der Waals surface area contributed by atoms with E-state index in [1.165, 1.54) is 32.1 Å². The number of rotatable bonds is 9. The van der Waals surface area contributed by atoms with Gasteiger partial charge in [0.2, 0.25) is 5.91 Å². The minimum Gasteiger partial charge on any atom is -0.356 e.